The van der Waals surface area contributed by atoms with Crippen LogP contribution in [0.25, 0.3) is 0 Å². The summed E-state index contributed by atoms with van der Waals surface area (Å²) in [6, 6.07) is -0.319. The molecule has 1 rings (SSSR count). The lowest BCUT2D eigenvalue weighted by atomic mass is 9.95. The first kappa shape index (κ1) is 15.6. The van der Waals surface area contributed by atoms with Gasteiger partial charge in [-0.25, -0.2) is 0 Å². The van der Waals surface area contributed by atoms with Crippen LogP contribution in [0.4, 0.5) is 39.5 Å². The van der Waals surface area contributed by atoms with E-state index in [-0.39, 0.29) is 12.1 Å². The van der Waals surface area contributed by atoms with Crippen molar-refractivity contribution in [1.29, 1.82) is 0 Å². The zero-order valence-corrected chi connectivity index (χ0v) is 8.76. The van der Waals surface area contributed by atoms with E-state index in [1.54, 1.807) is 0 Å². The van der Waals surface area contributed by atoms with Crippen molar-refractivity contribution in [1.82, 2.24) is 0 Å². The Hall–Kier alpha value is -1.41. The van der Waals surface area contributed by atoms with Crippen LogP contribution in [0.1, 0.15) is 22.3 Å². The average molecular weight is 295 g/mol. The van der Waals surface area contributed by atoms with Crippen LogP contribution in [0.5, 0.6) is 0 Å². The molecule has 0 N–H and O–H groups in total. The summed E-state index contributed by atoms with van der Waals surface area (Å²) in [5, 5.41) is 0. The highest BCUT2D eigenvalue weighted by molar-refractivity contribution is 5.47. The Morgan fingerprint density at radius 2 is 1.00 bits per heavy atom. The molecule has 0 saturated heterocycles. The van der Waals surface area contributed by atoms with Gasteiger partial charge in [-0.05, 0) is 24.6 Å². The largest absolute Gasteiger partial charge is 0.417 e. The monoisotopic (exact) mass is 295 g/mol. The van der Waals surface area contributed by atoms with E-state index >= 15 is 0 Å². The van der Waals surface area contributed by atoms with Gasteiger partial charge in [0.25, 0.3) is 0 Å². The molecule has 0 aromatic heterocycles. The predicted molar refractivity (Wildman–Crippen MR) is 45.9 cm³/mol. The molecule has 0 saturated carbocycles. The van der Waals surface area contributed by atoms with Crippen molar-refractivity contribution in [3.8, 4) is 0 Å². The van der Waals surface area contributed by atoms with Crippen LogP contribution in [0, 0.1) is 6.92 Å². The third-order valence-electron chi connectivity index (χ3n) is 2.21. The van der Waals surface area contributed by atoms with Gasteiger partial charge in [0.05, 0.1) is 16.7 Å². The molecule has 0 spiro atoms. The first-order valence-electron chi connectivity index (χ1n) is 4.47. The number of rotatable bonds is 0. The fraction of sp³-hybridized carbons (Fsp3) is 0.300. The van der Waals surface area contributed by atoms with Crippen LogP contribution < -0.4 is 0 Å². The summed E-state index contributed by atoms with van der Waals surface area (Å²) in [7, 11) is 0. The maximum Gasteiger partial charge on any atom is 0.417 e. The third-order valence-corrected chi connectivity index (χ3v) is 2.21. The first-order chi connectivity index (χ1) is 8.26. The molecule has 0 nitrogen and oxygen atoms in total. The molecule has 0 bridgehead atoms. The number of hydrogen-bond acceptors (Lipinski definition) is 0. The Kier molecular flexibility index (Phi) is 3.55. The number of hydrogen-bond donors (Lipinski definition) is 0. The van der Waals surface area contributed by atoms with Crippen LogP contribution in [0.15, 0.2) is 12.1 Å². The molecule has 107 valence electrons. The van der Waals surface area contributed by atoms with Gasteiger partial charge < -0.3 is 0 Å². The highest BCUT2D eigenvalue weighted by atomic mass is 19.4. The molecule has 0 atom stereocenters. The molecule has 0 unspecified atom stereocenters. The van der Waals surface area contributed by atoms with Crippen molar-refractivity contribution >= 4 is 0 Å². The van der Waals surface area contributed by atoms with E-state index in [1.165, 1.54) is 0 Å². The summed E-state index contributed by atoms with van der Waals surface area (Å²) in [6.07, 6.45) is -16.2. The Bertz CT molecular complexity index is 475. The topological polar surface area (TPSA) is 0 Å². The van der Waals surface area contributed by atoms with Gasteiger partial charge in [0.15, 0.2) is 0 Å². The molecule has 1 aromatic carbocycles. The van der Waals surface area contributed by atoms with Gasteiger partial charge in [-0.3, -0.25) is 0 Å². The minimum Gasteiger partial charge on any atom is -0.166 e. The molecule has 0 fully saturated rings. The average Bonchev–Trinajstić information content (AvgIpc) is 2.11. The van der Waals surface area contributed by atoms with E-state index in [2.05, 4.69) is 6.92 Å². The Morgan fingerprint density at radius 1 is 0.632 bits per heavy atom. The van der Waals surface area contributed by atoms with Crippen molar-refractivity contribution in [2.75, 3.05) is 0 Å². The standard InChI is InChI=1S/C10H4F9/c1-4-5(8(11,12)13)2-3-6(9(14,15)16)7(4)10(17,18)19/h2-3H,1H2. The van der Waals surface area contributed by atoms with Crippen LogP contribution in [0.2, 0.25) is 0 Å². The summed E-state index contributed by atoms with van der Waals surface area (Å²) in [6.45, 7) is 2.49. The summed E-state index contributed by atoms with van der Waals surface area (Å²) < 4.78 is 112. The minimum absolute atomic E-state index is 0.0691. The van der Waals surface area contributed by atoms with Gasteiger partial charge in [-0.1, -0.05) is 0 Å². The molecule has 1 aromatic rings. The quantitative estimate of drug-likeness (QED) is 0.596. The Morgan fingerprint density at radius 3 is 1.32 bits per heavy atom. The molecule has 1 radical (unpaired) electrons. The minimum atomic E-state index is -5.59. The first-order valence-corrected chi connectivity index (χ1v) is 4.47. The predicted octanol–water partition coefficient (Wildman–Crippen LogP) is 4.93. The summed E-state index contributed by atoms with van der Waals surface area (Å²) in [5.74, 6) is 0. The molecule has 0 aliphatic carbocycles. The molecular weight excluding hydrogens is 291 g/mol. The second-order valence-corrected chi connectivity index (χ2v) is 3.51. The van der Waals surface area contributed by atoms with Crippen molar-refractivity contribution in [2.24, 2.45) is 0 Å². The fourth-order valence-electron chi connectivity index (χ4n) is 1.47. The SMILES string of the molecule is [CH2]c1c(C(F)(F)F)ccc(C(F)(F)F)c1C(F)(F)F. The highest BCUT2D eigenvalue weighted by Crippen LogP contribution is 2.45. The summed E-state index contributed by atoms with van der Waals surface area (Å²) in [5.41, 5.74) is -8.21. The van der Waals surface area contributed by atoms with Gasteiger partial charge in [-0.15, -0.1) is 0 Å². The molecule has 0 amide bonds. The van der Waals surface area contributed by atoms with Gasteiger partial charge in [-0.2, -0.15) is 39.5 Å². The van der Waals surface area contributed by atoms with Crippen molar-refractivity contribution < 1.29 is 39.5 Å². The lowest BCUT2D eigenvalue weighted by Crippen LogP contribution is -2.21. The van der Waals surface area contributed by atoms with E-state index in [4.69, 9.17) is 0 Å². The van der Waals surface area contributed by atoms with Gasteiger partial charge in [0.2, 0.25) is 0 Å². The van der Waals surface area contributed by atoms with Gasteiger partial charge in [0, 0.05) is 0 Å². The van der Waals surface area contributed by atoms with E-state index in [0.29, 0.717) is 0 Å². The number of alkyl halides is 9. The molecular formula is C10H4F9. The molecule has 0 aliphatic heterocycles. The van der Waals surface area contributed by atoms with E-state index in [1.807, 2.05) is 0 Å². The fourth-order valence-corrected chi connectivity index (χ4v) is 1.47. The smallest absolute Gasteiger partial charge is 0.166 e. The van der Waals surface area contributed by atoms with Crippen molar-refractivity contribution in [3.63, 3.8) is 0 Å². The van der Waals surface area contributed by atoms with E-state index in [9.17, 15) is 39.5 Å². The molecule has 0 heterocycles. The Labute approximate surface area is 100 Å². The lowest BCUT2D eigenvalue weighted by molar-refractivity contribution is -0.163. The second-order valence-electron chi connectivity index (χ2n) is 3.51. The highest BCUT2D eigenvalue weighted by Gasteiger charge is 2.47. The van der Waals surface area contributed by atoms with E-state index < -0.39 is 40.8 Å². The second kappa shape index (κ2) is 4.31. The van der Waals surface area contributed by atoms with Crippen LogP contribution in [-0.2, 0) is 18.5 Å². The maximum atomic E-state index is 12.5. The van der Waals surface area contributed by atoms with Crippen molar-refractivity contribution in [2.45, 2.75) is 18.5 Å². The zero-order chi connectivity index (χ0) is 15.2. The summed E-state index contributed by atoms with van der Waals surface area (Å²) >= 11 is 0. The molecule has 19 heavy (non-hydrogen) atoms. The van der Waals surface area contributed by atoms with Crippen LogP contribution in [-0.4, -0.2) is 0 Å². The molecule has 0 aliphatic rings. The third kappa shape index (κ3) is 3.13. The van der Waals surface area contributed by atoms with E-state index in [0.717, 1.165) is 0 Å². The van der Waals surface area contributed by atoms with Crippen LogP contribution >= 0.6 is 0 Å². The lowest BCUT2D eigenvalue weighted by Gasteiger charge is -2.20. The Balaban J connectivity index is 3.71. The van der Waals surface area contributed by atoms with Crippen molar-refractivity contribution in [3.05, 3.63) is 41.3 Å². The maximum absolute atomic E-state index is 12.5. The zero-order valence-electron chi connectivity index (χ0n) is 8.76. The number of halogens is 9. The summed E-state index contributed by atoms with van der Waals surface area (Å²) in [4.78, 5) is 0. The normalized spacial score (nSPS) is 13.8. The van der Waals surface area contributed by atoms with Gasteiger partial charge >= 0.3 is 18.5 Å². The molecule has 9 heteroatoms. The van der Waals surface area contributed by atoms with Crippen LogP contribution in [0.3, 0.4) is 0 Å². The number of benzene rings is 1. The van der Waals surface area contributed by atoms with Gasteiger partial charge in [0.1, 0.15) is 0 Å².